The fourth-order valence-corrected chi connectivity index (χ4v) is 4.18. The molecule has 1 nitrogen and oxygen atoms in total. The summed E-state index contributed by atoms with van der Waals surface area (Å²) in [6, 6.07) is 2.13. The second-order valence-electron chi connectivity index (χ2n) is 5.90. The Morgan fingerprint density at radius 1 is 1.35 bits per heavy atom. The third-order valence-corrected chi connectivity index (χ3v) is 5.53. The lowest BCUT2D eigenvalue weighted by atomic mass is 9.87. The van der Waals surface area contributed by atoms with Crippen molar-refractivity contribution in [3.8, 4) is 0 Å². The highest BCUT2D eigenvalue weighted by atomic mass is 32.1. The quantitative estimate of drug-likeness (QED) is 0.769. The molecule has 1 N–H and O–H groups in total. The van der Waals surface area contributed by atoms with Crippen molar-refractivity contribution in [3.63, 3.8) is 0 Å². The Labute approximate surface area is 109 Å². The summed E-state index contributed by atoms with van der Waals surface area (Å²) in [5.74, 6) is 1.55. The van der Waals surface area contributed by atoms with Crippen LogP contribution in [-0.4, -0.2) is 5.11 Å². The molecule has 0 radical (unpaired) electrons. The molecule has 2 heteroatoms. The molecule has 2 atom stereocenters. The Morgan fingerprint density at radius 3 is 2.71 bits per heavy atom. The van der Waals surface area contributed by atoms with Gasteiger partial charge in [0, 0.05) is 4.88 Å². The number of hydrogen-bond donors (Lipinski definition) is 1. The topological polar surface area (TPSA) is 20.2 Å². The van der Waals surface area contributed by atoms with Gasteiger partial charge in [-0.2, -0.15) is 0 Å². The highest BCUT2D eigenvalue weighted by Crippen LogP contribution is 2.42. The number of aliphatic hydroxyl groups is 1. The van der Waals surface area contributed by atoms with Gasteiger partial charge < -0.3 is 5.11 Å². The zero-order valence-corrected chi connectivity index (χ0v) is 12.0. The van der Waals surface area contributed by atoms with Gasteiger partial charge in [0.1, 0.15) is 0 Å². The molecular weight excluding hydrogens is 228 g/mol. The van der Waals surface area contributed by atoms with E-state index in [0.29, 0.717) is 0 Å². The van der Waals surface area contributed by atoms with Crippen LogP contribution in [0.1, 0.15) is 56.4 Å². The van der Waals surface area contributed by atoms with Crippen molar-refractivity contribution in [2.24, 2.45) is 11.8 Å². The van der Waals surface area contributed by atoms with Crippen molar-refractivity contribution in [2.75, 3.05) is 0 Å². The van der Waals surface area contributed by atoms with E-state index in [0.717, 1.165) is 31.1 Å². The summed E-state index contributed by atoms with van der Waals surface area (Å²) < 4.78 is 0. The van der Waals surface area contributed by atoms with Crippen LogP contribution in [0.25, 0.3) is 0 Å². The maximum absolute atomic E-state index is 10.9. The molecule has 1 fully saturated rings. The first-order chi connectivity index (χ1) is 8.03. The van der Waals surface area contributed by atoms with Crippen molar-refractivity contribution in [1.29, 1.82) is 0 Å². The standard InChI is InChI=1S/C15H24OS/c1-11(2)13-5-4-8-15(16,9-6-13)14-12(3)7-10-17-14/h7,10-11,13,16H,4-6,8-9H2,1-3H3. The van der Waals surface area contributed by atoms with E-state index >= 15 is 0 Å². The molecule has 1 aromatic rings. The van der Waals surface area contributed by atoms with Gasteiger partial charge in [-0.3, -0.25) is 0 Å². The third kappa shape index (κ3) is 2.74. The number of thiophene rings is 1. The average Bonchev–Trinajstić information content (AvgIpc) is 2.59. The molecule has 0 spiro atoms. The normalized spacial score (nSPS) is 30.5. The fourth-order valence-electron chi connectivity index (χ4n) is 3.09. The van der Waals surface area contributed by atoms with E-state index in [1.165, 1.54) is 23.3 Å². The lowest BCUT2D eigenvalue weighted by Gasteiger charge is -2.27. The predicted molar refractivity (Wildman–Crippen MR) is 74.4 cm³/mol. The molecule has 17 heavy (non-hydrogen) atoms. The Kier molecular flexibility index (Phi) is 3.94. The van der Waals surface area contributed by atoms with Crippen LogP contribution in [0.5, 0.6) is 0 Å². The first-order valence-corrected chi connectivity index (χ1v) is 7.68. The average molecular weight is 252 g/mol. The van der Waals surface area contributed by atoms with Gasteiger partial charge in [-0.25, -0.2) is 0 Å². The summed E-state index contributed by atoms with van der Waals surface area (Å²) in [6.45, 7) is 6.74. The van der Waals surface area contributed by atoms with Gasteiger partial charge in [-0.15, -0.1) is 11.3 Å². The SMILES string of the molecule is Cc1ccsc1C1(O)CCCC(C(C)C)CC1. The summed E-state index contributed by atoms with van der Waals surface area (Å²) in [4.78, 5) is 1.21. The Morgan fingerprint density at radius 2 is 2.12 bits per heavy atom. The summed E-state index contributed by atoms with van der Waals surface area (Å²) in [5.41, 5.74) is 0.725. The van der Waals surface area contributed by atoms with E-state index in [2.05, 4.69) is 32.2 Å². The van der Waals surface area contributed by atoms with Crippen LogP contribution < -0.4 is 0 Å². The molecule has 0 aromatic carbocycles. The van der Waals surface area contributed by atoms with Gasteiger partial charge in [0.25, 0.3) is 0 Å². The first kappa shape index (κ1) is 13.1. The van der Waals surface area contributed by atoms with Crippen molar-refractivity contribution in [2.45, 2.75) is 58.5 Å². The molecule has 0 saturated heterocycles. The summed E-state index contributed by atoms with van der Waals surface area (Å²) in [6.07, 6.45) is 5.50. The highest BCUT2D eigenvalue weighted by molar-refractivity contribution is 7.10. The van der Waals surface area contributed by atoms with Crippen molar-refractivity contribution in [1.82, 2.24) is 0 Å². The van der Waals surface area contributed by atoms with Crippen molar-refractivity contribution >= 4 is 11.3 Å². The largest absolute Gasteiger partial charge is 0.384 e. The lowest BCUT2D eigenvalue weighted by Crippen LogP contribution is -2.24. The first-order valence-electron chi connectivity index (χ1n) is 6.80. The highest BCUT2D eigenvalue weighted by Gasteiger charge is 2.35. The molecule has 1 heterocycles. The third-order valence-electron chi connectivity index (χ3n) is 4.32. The lowest BCUT2D eigenvalue weighted by molar-refractivity contribution is 0.0222. The zero-order valence-electron chi connectivity index (χ0n) is 11.2. The van der Waals surface area contributed by atoms with Crippen LogP contribution in [0.3, 0.4) is 0 Å². The minimum Gasteiger partial charge on any atom is -0.384 e. The van der Waals surface area contributed by atoms with Crippen LogP contribution in [-0.2, 0) is 5.60 Å². The van der Waals surface area contributed by atoms with Crippen LogP contribution in [0, 0.1) is 18.8 Å². The molecule has 1 saturated carbocycles. The van der Waals surface area contributed by atoms with E-state index in [1.54, 1.807) is 11.3 Å². The van der Waals surface area contributed by atoms with E-state index in [1.807, 2.05) is 0 Å². The van der Waals surface area contributed by atoms with Crippen LogP contribution in [0.4, 0.5) is 0 Å². The molecule has 2 unspecified atom stereocenters. The Hall–Kier alpha value is -0.340. The fraction of sp³-hybridized carbons (Fsp3) is 0.733. The molecule has 96 valence electrons. The van der Waals surface area contributed by atoms with Gasteiger partial charge in [0.15, 0.2) is 0 Å². The summed E-state index contributed by atoms with van der Waals surface area (Å²) >= 11 is 1.72. The molecule has 1 aliphatic rings. The minimum absolute atomic E-state index is 0.540. The Balaban J connectivity index is 2.15. The maximum Gasteiger partial charge on any atom is 0.0990 e. The minimum atomic E-state index is -0.540. The van der Waals surface area contributed by atoms with Gasteiger partial charge in [0.2, 0.25) is 0 Å². The van der Waals surface area contributed by atoms with Crippen molar-refractivity contribution < 1.29 is 5.11 Å². The molecular formula is C15H24OS. The van der Waals surface area contributed by atoms with E-state index in [-0.39, 0.29) is 0 Å². The smallest absolute Gasteiger partial charge is 0.0990 e. The Bertz CT molecular complexity index is 369. The summed E-state index contributed by atoms with van der Waals surface area (Å²) in [7, 11) is 0. The molecule has 1 aromatic heterocycles. The number of rotatable bonds is 2. The predicted octanol–water partition coefficient (Wildman–Crippen LogP) is 4.48. The van der Waals surface area contributed by atoms with Crippen LogP contribution in [0.15, 0.2) is 11.4 Å². The van der Waals surface area contributed by atoms with Gasteiger partial charge in [-0.05, 0) is 61.5 Å². The van der Waals surface area contributed by atoms with Gasteiger partial charge >= 0.3 is 0 Å². The van der Waals surface area contributed by atoms with Crippen molar-refractivity contribution in [3.05, 3.63) is 21.9 Å². The van der Waals surface area contributed by atoms with E-state index in [9.17, 15) is 5.11 Å². The maximum atomic E-state index is 10.9. The van der Waals surface area contributed by atoms with E-state index < -0.39 is 5.60 Å². The molecule has 1 aliphatic carbocycles. The van der Waals surface area contributed by atoms with Gasteiger partial charge in [-0.1, -0.05) is 20.3 Å². The number of aryl methyl sites for hydroxylation is 1. The second kappa shape index (κ2) is 5.11. The zero-order chi connectivity index (χ0) is 12.5. The summed E-state index contributed by atoms with van der Waals surface area (Å²) in [5, 5.41) is 13.0. The molecule has 2 rings (SSSR count). The van der Waals surface area contributed by atoms with Crippen LogP contribution >= 0.6 is 11.3 Å². The van der Waals surface area contributed by atoms with Gasteiger partial charge in [0.05, 0.1) is 5.60 Å². The molecule has 0 aliphatic heterocycles. The monoisotopic (exact) mass is 252 g/mol. The van der Waals surface area contributed by atoms with Crippen LogP contribution in [0.2, 0.25) is 0 Å². The molecule has 0 bridgehead atoms. The van der Waals surface area contributed by atoms with E-state index in [4.69, 9.17) is 0 Å². The number of hydrogen-bond acceptors (Lipinski definition) is 2. The second-order valence-corrected chi connectivity index (χ2v) is 6.82. The molecule has 0 amide bonds.